The molecule has 0 aromatic heterocycles. The number of halogens is 1. The summed E-state index contributed by atoms with van der Waals surface area (Å²) in [6.45, 7) is 2.37. The number of anilines is 1. The van der Waals surface area contributed by atoms with Crippen molar-refractivity contribution in [1.29, 1.82) is 0 Å². The number of sulfonamides is 1. The van der Waals surface area contributed by atoms with Crippen molar-refractivity contribution in [1.82, 2.24) is 4.72 Å². The van der Waals surface area contributed by atoms with Crippen LogP contribution in [-0.2, 0) is 10.0 Å². The standard InChI is InChI=1S/C18H21ClN2O4S/c1-3-4-11-20-26(23,24)15-8-5-13(6-9-15)18(22)21-16-12-14(19)7-10-17(16)25-2/h5-10,12,20H,3-4,11H2,1-2H3,(H,21,22). The molecule has 0 radical (unpaired) electrons. The van der Waals surface area contributed by atoms with Gasteiger partial charge in [0.1, 0.15) is 5.75 Å². The molecular weight excluding hydrogens is 376 g/mol. The van der Waals surface area contributed by atoms with Gasteiger partial charge in [-0.15, -0.1) is 0 Å². The predicted octanol–water partition coefficient (Wildman–Crippen LogP) is 3.68. The van der Waals surface area contributed by atoms with E-state index in [2.05, 4.69) is 10.0 Å². The summed E-state index contributed by atoms with van der Waals surface area (Å²) < 4.78 is 32.0. The van der Waals surface area contributed by atoms with E-state index in [4.69, 9.17) is 16.3 Å². The lowest BCUT2D eigenvalue weighted by molar-refractivity contribution is 0.102. The molecule has 2 aromatic carbocycles. The Morgan fingerprint density at radius 2 is 1.85 bits per heavy atom. The van der Waals surface area contributed by atoms with E-state index in [-0.39, 0.29) is 4.90 Å². The highest BCUT2D eigenvalue weighted by atomic mass is 35.5. The summed E-state index contributed by atoms with van der Waals surface area (Å²) in [5, 5.41) is 3.16. The summed E-state index contributed by atoms with van der Waals surface area (Å²) in [5.74, 6) is 0.0792. The second-order valence-corrected chi connectivity index (χ2v) is 7.78. The summed E-state index contributed by atoms with van der Waals surface area (Å²) in [6.07, 6.45) is 1.66. The number of nitrogens with one attached hydrogen (secondary N) is 2. The van der Waals surface area contributed by atoms with Gasteiger partial charge in [0.2, 0.25) is 10.0 Å². The van der Waals surface area contributed by atoms with E-state index in [9.17, 15) is 13.2 Å². The van der Waals surface area contributed by atoms with Crippen molar-refractivity contribution in [2.75, 3.05) is 19.0 Å². The average molecular weight is 397 g/mol. The molecule has 0 saturated carbocycles. The van der Waals surface area contributed by atoms with Gasteiger partial charge in [-0.2, -0.15) is 0 Å². The first-order valence-corrected chi connectivity index (χ1v) is 9.98. The first-order chi connectivity index (χ1) is 12.4. The van der Waals surface area contributed by atoms with E-state index < -0.39 is 15.9 Å². The van der Waals surface area contributed by atoms with E-state index in [0.29, 0.717) is 28.6 Å². The van der Waals surface area contributed by atoms with E-state index >= 15 is 0 Å². The molecule has 0 saturated heterocycles. The summed E-state index contributed by atoms with van der Waals surface area (Å²) in [4.78, 5) is 12.5. The van der Waals surface area contributed by atoms with Crippen molar-refractivity contribution in [2.24, 2.45) is 0 Å². The smallest absolute Gasteiger partial charge is 0.255 e. The Kier molecular flexibility index (Phi) is 7.02. The third kappa shape index (κ3) is 5.20. The van der Waals surface area contributed by atoms with Gasteiger partial charge in [-0.3, -0.25) is 4.79 Å². The molecule has 0 aliphatic rings. The van der Waals surface area contributed by atoms with Crippen molar-refractivity contribution in [3.63, 3.8) is 0 Å². The van der Waals surface area contributed by atoms with Gasteiger partial charge in [-0.05, 0) is 48.9 Å². The lowest BCUT2D eigenvalue weighted by Gasteiger charge is -2.11. The number of hydrogen-bond donors (Lipinski definition) is 2. The highest BCUT2D eigenvalue weighted by Gasteiger charge is 2.15. The molecule has 0 spiro atoms. The zero-order valence-corrected chi connectivity index (χ0v) is 16.2. The zero-order valence-electron chi connectivity index (χ0n) is 14.6. The number of hydrogen-bond acceptors (Lipinski definition) is 4. The fraction of sp³-hybridized carbons (Fsp3) is 0.278. The van der Waals surface area contributed by atoms with Crippen LogP contribution in [0.2, 0.25) is 5.02 Å². The summed E-state index contributed by atoms with van der Waals surface area (Å²) >= 11 is 5.95. The number of carbonyl (C=O) groups is 1. The summed E-state index contributed by atoms with van der Waals surface area (Å²) in [7, 11) is -2.08. The first kappa shape index (κ1) is 20.2. The highest BCUT2D eigenvalue weighted by Crippen LogP contribution is 2.28. The van der Waals surface area contributed by atoms with Crippen LogP contribution in [0.5, 0.6) is 5.75 Å². The van der Waals surface area contributed by atoms with Crippen LogP contribution in [0, 0.1) is 0 Å². The lowest BCUT2D eigenvalue weighted by Crippen LogP contribution is -2.24. The fourth-order valence-electron chi connectivity index (χ4n) is 2.22. The fourth-order valence-corrected chi connectivity index (χ4v) is 3.47. The quantitative estimate of drug-likeness (QED) is 0.666. The Morgan fingerprint density at radius 3 is 2.46 bits per heavy atom. The second-order valence-electron chi connectivity index (χ2n) is 5.57. The molecule has 2 aromatic rings. The van der Waals surface area contributed by atoms with Gasteiger partial charge in [-0.1, -0.05) is 24.9 Å². The molecule has 140 valence electrons. The molecule has 2 rings (SSSR count). The van der Waals surface area contributed by atoms with Crippen LogP contribution in [-0.4, -0.2) is 28.0 Å². The summed E-state index contributed by atoms with van der Waals surface area (Å²) in [5.41, 5.74) is 0.752. The number of unbranched alkanes of at least 4 members (excludes halogenated alkanes) is 1. The number of benzene rings is 2. The molecule has 0 heterocycles. The number of carbonyl (C=O) groups excluding carboxylic acids is 1. The van der Waals surface area contributed by atoms with Gasteiger partial charge in [0, 0.05) is 17.1 Å². The normalized spacial score (nSPS) is 11.2. The zero-order chi connectivity index (χ0) is 19.2. The van der Waals surface area contributed by atoms with Crippen molar-refractivity contribution in [2.45, 2.75) is 24.7 Å². The van der Waals surface area contributed by atoms with Gasteiger partial charge >= 0.3 is 0 Å². The maximum Gasteiger partial charge on any atom is 0.255 e. The molecule has 1 amide bonds. The second kappa shape index (κ2) is 9.02. The van der Waals surface area contributed by atoms with Crippen LogP contribution in [0.15, 0.2) is 47.4 Å². The molecule has 2 N–H and O–H groups in total. The van der Waals surface area contributed by atoms with Crippen LogP contribution < -0.4 is 14.8 Å². The van der Waals surface area contributed by atoms with Crippen LogP contribution >= 0.6 is 11.6 Å². The Hall–Kier alpha value is -2.09. The Balaban J connectivity index is 2.13. The number of rotatable bonds is 8. The molecule has 0 atom stereocenters. The largest absolute Gasteiger partial charge is 0.495 e. The minimum absolute atomic E-state index is 0.116. The molecular formula is C18H21ClN2O4S. The van der Waals surface area contributed by atoms with Gasteiger partial charge in [0.05, 0.1) is 17.7 Å². The van der Waals surface area contributed by atoms with Gasteiger partial charge in [0.25, 0.3) is 5.91 Å². The molecule has 0 aliphatic heterocycles. The van der Waals surface area contributed by atoms with Crippen molar-refractivity contribution in [3.8, 4) is 5.75 Å². The van der Waals surface area contributed by atoms with Gasteiger partial charge in [-0.25, -0.2) is 13.1 Å². The van der Waals surface area contributed by atoms with Crippen LogP contribution in [0.3, 0.4) is 0 Å². The Morgan fingerprint density at radius 1 is 1.15 bits per heavy atom. The molecule has 6 nitrogen and oxygen atoms in total. The van der Waals surface area contributed by atoms with E-state index in [0.717, 1.165) is 12.8 Å². The SMILES string of the molecule is CCCCNS(=O)(=O)c1ccc(C(=O)Nc2cc(Cl)ccc2OC)cc1. The average Bonchev–Trinajstić information content (AvgIpc) is 2.62. The van der Waals surface area contributed by atoms with Crippen molar-refractivity contribution in [3.05, 3.63) is 53.1 Å². The first-order valence-electron chi connectivity index (χ1n) is 8.12. The Labute approximate surface area is 158 Å². The minimum Gasteiger partial charge on any atom is -0.495 e. The molecule has 0 aliphatic carbocycles. The van der Waals surface area contributed by atoms with Crippen LogP contribution in [0.25, 0.3) is 0 Å². The third-order valence-corrected chi connectivity index (χ3v) is 5.37. The van der Waals surface area contributed by atoms with Crippen LogP contribution in [0.4, 0.5) is 5.69 Å². The molecule has 0 bridgehead atoms. The van der Waals surface area contributed by atoms with Crippen LogP contribution in [0.1, 0.15) is 30.1 Å². The minimum atomic E-state index is -3.57. The lowest BCUT2D eigenvalue weighted by atomic mass is 10.2. The van der Waals surface area contributed by atoms with E-state index in [1.165, 1.54) is 31.4 Å². The maximum absolute atomic E-state index is 12.4. The van der Waals surface area contributed by atoms with Gasteiger partial charge < -0.3 is 10.1 Å². The predicted molar refractivity (Wildman–Crippen MR) is 102 cm³/mol. The number of methoxy groups -OCH3 is 1. The van der Waals surface area contributed by atoms with E-state index in [1.807, 2.05) is 6.92 Å². The topological polar surface area (TPSA) is 84.5 Å². The highest BCUT2D eigenvalue weighted by molar-refractivity contribution is 7.89. The number of ether oxygens (including phenoxy) is 1. The maximum atomic E-state index is 12.4. The molecule has 8 heteroatoms. The molecule has 0 fully saturated rings. The monoisotopic (exact) mass is 396 g/mol. The third-order valence-electron chi connectivity index (χ3n) is 3.66. The molecule has 26 heavy (non-hydrogen) atoms. The van der Waals surface area contributed by atoms with Crippen molar-refractivity contribution < 1.29 is 17.9 Å². The molecule has 0 unspecified atom stereocenters. The van der Waals surface area contributed by atoms with E-state index in [1.54, 1.807) is 18.2 Å². The van der Waals surface area contributed by atoms with Crippen molar-refractivity contribution >= 4 is 33.2 Å². The Bertz CT molecular complexity index is 867. The van der Waals surface area contributed by atoms with Gasteiger partial charge in [0.15, 0.2) is 0 Å². The summed E-state index contributed by atoms with van der Waals surface area (Å²) in [6, 6.07) is 10.6. The number of amides is 1.